The van der Waals surface area contributed by atoms with E-state index >= 15 is 0 Å². The molecule has 1 saturated carbocycles. The summed E-state index contributed by atoms with van der Waals surface area (Å²) in [5, 5.41) is 3.09. The van der Waals surface area contributed by atoms with Crippen molar-refractivity contribution in [3.63, 3.8) is 0 Å². The van der Waals surface area contributed by atoms with E-state index in [1.807, 2.05) is 18.2 Å². The number of carbonyl (C=O) groups excluding carboxylic acids is 1. The number of nitrogens with one attached hydrogen (secondary N) is 1. The second kappa shape index (κ2) is 5.60. The average molecular weight is 255 g/mol. The van der Waals surface area contributed by atoms with Crippen LogP contribution in [0.1, 0.15) is 48.0 Å². The Bertz CT molecular complexity index is 486. The van der Waals surface area contributed by atoms with Crippen LogP contribution in [0.25, 0.3) is 0 Å². The van der Waals surface area contributed by atoms with E-state index in [0.29, 0.717) is 0 Å². The highest BCUT2D eigenvalue weighted by molar-refractivity contribution is 5.97. The fourth-order valence-electron chi connectivity index (χ4n) is 3.19. The fourth-order valence-corrected chi connectivity index (χ4v) is 3.19. The molecule has 2 nitrogen and oxygen atoms in total. The van der Waals surface area contributed by atoms with E-state index in [4.69, 9.17) is 0 Å². The first-order valence-electron chi connectivity index (χ1n) is 7.40. The van der Waals surface area contributed by atoms with Gasteiger partial charge < -0.3 is 5.32 Å². The summed E-state index contributed by atoms with van der Waals surface area (Å²) < 4.78 is 0. The Kier molecular flexibility index (Phi) is 3.67. The molecular weight excluding hydrogens is 234 g/mol. The summed E-state index contributed by atoms with van der Waals surface area (Å²) >= 11 is 0. The van der Waals surface area contributed by atoms with Crippen LogP contribution in [-0.4, -0.2) is 11.9 Å². The number of hydrogen-bond acceptors (Lipinski definition) is 1. The molecule has 1 N–H and O–H groups in total. The van der Waals surface area contributed by atoms with Crippen LogP contribution >= 0.6 is 0 Å². The van der Waals surface area contributed by atoms with Crippen molar-refractivity contribution < 1.29 is 4.79 Å². The van der Waals surface area contributed by atoms with E-state index in [1.54, 1.807) is 0 Å². The molecule has 1 atom stereocenters. The van der Waals surface area contributed by atoms with Crippen molar-refractivity contribution in [1.82, 2.24) is 5.32 Å². The van der Waals surface area contributed by atoms with Crippen LogP contribution < -0.4 is 5.32 Å². The number of allylic oxidation sites excluding steroid dienone is 1. The van der Waals surface area contributed by atoms with Crippen LogP contribution in [-0.2, 0) is 6.42 Å². The van der Waals surface area contributed by atoms with Crippen molar-refractivity contribution in [3.8, 4) is 0 Å². The summed E-state index contributed by atoms with van der Waals surface area (Å²) in [7, 11) is 0. The number of hydrogen-bond donors (Lipinski definition) is 1. The summed E-state index contributed by atoms with van der Waals surface area (Å²) in [6.45, 7) is 0. The van der Waals surface area contributed by atoms with Crippen LogP contribution in [0.3, 0.4) is 0 Å². The Labute approximate surface area is 114 Å². The topological polar surface area (TPSA) is 29.1 Å². The predicted octanol–water partition coefficient (Wildman–Crippen LogP) is 3.48. The van der Waals surface area contributed by atoms with Gasteiger partial charge in [-0.05, 0) is 36.8 Å². The monoisotopic (exact) mass is 255 g/mol. The van der Waals surface area contributed by atoms with Crippen molar-refractivity contribution in [2.24, 2.45) is 5.92 Å². The molecule has 0 bridgehead atoms. The number of rotatable bonds is 2. The van der Waals surface area contributed by atoms with Gasteiger partial charge in [0.25, 0.3) is 5.91 Å². The molecule has 1 heterocycles. The maximum absolute atomic E-state index is 12.0. The second-order valence-corrected chi connectivity index (χ2v) is 5.72. The molecule has 2 heteroatoms. The van der Waals surface area contributed by atoms with Gasteiger partial charge in [0.15, 0.2) is 0 Å². The highest BCUT2D eigenvalue weighted by Gasteiger charge is 2.22. The molecule has 0 aromatic heterocycles. The average Bonchev–Trinajstić information content (AvgIpc) is 2.46. The fraction of sp³-hybridized carbons (Fsp3) is 0.471. The SMILES string of the molecule is O=C1N[C@@H](/C=C/C2CCCCC2)Cc2ccccc21. The highest BCUT2D eigenvalue weighted by Crippen LogP contribution is 2.25. The normalized spacial score (nSPS) is 24.2. The molecule has 1 aliphatic carbocycles. The van der Waals surface area contributed by atoms with E-state index in [2.05, 4.69) is 23.5 Å². The zero-order valence-corrected chi connectivity index (χ0v) is 11.3. The third-order valence-corrected chi connectivity index (χ3v) is 4.28. The first-order chi connectivity index (χ1) is 9.33. The third-order valence-electron chi connectivity index (χ3n) is 4.28. The van der Waals surface area contributed by atoms with Crippen molar-refractivity contribution in [2.45, 2.75) is 44.6 Å². The Hall–Kier alpha value is -1.57. The molecule has 3 rings (SSSR count). The van der Waals surface area contributed by atoms with Gasteiger partial charge in [0.05, 0.1) is 6.04 Å². The molecule has 19 heavy (non-hydrogen) atoms. The largest absolute Gasteiger partial charge is 0.345 e. The lowest BCUT2D eigenvalue weighted by Crippen LogP contribution is -2.40. The van der Waals surface area contributed by atoms with Crippen LogP contribution in [0.4, 0.5) is 0 Å². The maximum atomic E-state index is 12.0. The lowest BCUT2D eigenvalue weighted by molar-refractivity contribution is 0.0934. The van der Waals surface area contributed by atoms with E-state index in [1.165, 1.54) is 37.7 Å². The summed E-state index contributed by atoms with van der Waals surface area (Å²) in [5.74, 6) is 0.794. The minimum atomic E-state index is 0.0696. The van der Waals surface area contributed by atoms with E-state index < -0.39 is 0 Å². The quantitative estimate of drug-likeness (QED) is 0.805. The molecule has 1 fully saturated rings. The Morgan fingerprint density at radius 2 is 1.84 bits per heavy atom. The van der Waals surface area contributed by atoms with Crippen molar-refractivity contribution >= 4 is 5.91 Å². The Morgan fingerprint density at radius 1 is 1.05 bits per heavy atom. The molecule has 2 aliphatic rings. The molecule has 0 spiro atoms. The van der Waals surface area contributed by atoms with Crippen molar-refractivity contribution in [3.05, 3.63) is 47.5 Å². The van der Waals surface area contributed by atoms with Crippen LogP contribution in [0.5, 0.6) is 0 Å². The molecule has 0 radical (unpaired) electrons. The van der Waals surface area contributed by atoms with Gasteiger partial charge in [-0.15, -0.1) is 0 Å². The van der Waals surface area contributed by atoms with Crippen LogP contribution in [0.15, 0.2) is 36.4 Å². The smallest absolute Gasteiger partial charge is 0.252 e. The van der Waals surface area contributed by atoms with Crippen LogP contribution in [0, 0.1) is 5.92 Å². The van der Waals surface area contributed by atoms with Gasteiger partial charge >= 0.3 is 0 Å². The minimum absolute atomic E-state index is 0.0696. The number of fused-ring (bicyclic) bond motifs is 1. The molecule has 1 amide bonds. The summed E-state index contributed by atoms with van der Waals surface area (Å²) in [5.41, 5.74) is 2.01. The third kappa shape index (κ3) is 2.89. The first-order valence-corrected chi connectivity index (χ1v) is 7.40. The van der Waals surface area contributed by atoms with Crippen molar-refractivity contribution in [1.29, 1.82) is 0 Å². The lowest BCUT2D eigenvalue weighted by Gasteiger charge is -2.24. The molecule has 0 saturated heterocycles. The van der Waals surface area contributed by atoms with E-state index in [0.717, 1.165) is 17.9 Å². The molecule has 0 unspecified atom stereocenters. The summed E-state index contributed by atoms with van der Waals surface area (Å²) in [6, 6.07) is 8.08. The highest BCUT2D eigenvalue weighted by atomic mass is 16.1. The van der Waals surface area contributed by atoms with Crippen LogP contribution in [0.2, 0.25) is 0 Å². The Morgan fingerprint density at radius 3 is 2.68 bits per heavy atom. The van der Waals surface area contributed by atoms with Gasteiger partial charge in [-0.2, -0.15) is 0 Å². The molecule has 1 aromatic carbocycles. The molecule has 1 aliphatic heterocycles. The van der Waals surface area contributed by atoms with Gasteiger partial charge in [-0.1, -0.05) is 49.6 Å². The Balaban J connectivity index is 1.67. The summed E-state index contributed by atoms with van der Waals surface area (Å²) in [4.78, 5) is 12.0. The number of carbonyl (C=O) groups is 1. The maximum Gasteiger partial charge on any atom is 0.252 e. The van der Waals surface area contributed by atoms with Gasteiger partial charge in [0, 0.05) is 5.56 Å². The molecule has 1 aromatic rings. The first kappa shape index (κ1) is 12.5. The zero-order valence-electron chi connectivity index (χ0n) is 11.3. The number of amides is 1. The van der Waals surface area contributed by atoms with Crippen molar-refractivity contribution in [2.75, 3.05) is 0 Å². The van der Waals surface area contributed by atoms with Gasteiger partial charge in [0.2, 0.25) is 0 Å². The zero-order chi connectivity index (χ0) is 13.1. The molecule has 100 valence electrons. The second-order valence-electron chi connectivity index (χ2n) is 5.72. The lowest BCUT2D eigenvalue weighted by atomic mass is 9.88. The molecular formula is C17H21NO. The predicted molar refractivity (Wildman–Crippen MR) is 77.1 cm³/mol. The van der Waals surface area contributed by atoms with Gasteiger partial charge in [-0.3, -0.25) is 4.79 Å². The standard InChI is InChI=1S/C17H21NO/c19-17-16-9-5-4-8-14(16)12-15(18-17)11-10-13-6-2-1-3-7-13/h4-5,8-11,13,15H,1-3,6-7,12H2,(H,18,19)/b11-10+/t15-/m0/s1. The summed E-state index contributed by atoms with van der Waals surface area (Å²) in [6.07, 6.45) is 12.2. The number of benzene rings is 1. The van der Waals surface area contributed by atoms with E-state index in [-0.39, 0.29) is 11.9 Å². The van der Waals surface area contributed by atoms with Gasteiger partial charge in [-0.25, -0.2) is 0 Å². The van der Waals surface area contributed by atoms with E-state index in [9.17, 15) is 4.79 Å². The minimum Gasteiger partial charge on any atom is -0.345 e. The van der Waals surface area contributed by atoms with Gasteiger partial charge in [0.1, 0.15) is 0 Å².